The number of aldehydes is 1. The molecule has 0 bridgehead atoms. The molecule has 25 heavy (non-hydrogen) atoms. The van der Waals surface area contributed by atoms with Crippen LogP contribution >= 0.6 is 0 Å². The standard InChI is InChI=1S/C20H19NO4/c1-14(15-7-3-2-4-8-15)21-12-17(11-19(21)23)20(24)25-18-10-6-5-9-16(18)13-22/h2-10,13-14,17H,11-12H2,1H3/t14-,17-/m0/s1. The Morgan fingerprint density at radius 3 is 2.56 bits per heavy atom. The molecule has 1 amide bonds. The van der Waals surface area contributed by atoms with Crippen LogP contribution in [0.25, 0.3) is 0 Å². The minimum Gasteiger partial charge on any atom is -0.425 e. The van der Waals surface area contributed by atoms with E-state index < -0.39 is 11.9 Å². The van der Waals surface area contributed by atoms with E-state index in [4.69, 9.17) is 4.74 Å². The molecule has 2 aromatic rings. The van der Waals surface area contributed by atoms with Gasteiger partial charge in [-0.15, -0.1) is 0 Å². The monoisotopic (exact) mass is 337 g/mol. The van der Waals surface area contributed by atoms with Crippen LogP contribution in [0, 0.1) is 5.92 Å². The van der Waals surface area contributed by atoms with Crippen molar-refractivity contribution >= 4 is 18.2 Å². The van der Waals surface area contributed by atoms with E-state index in [0.717, 1.165) is 5.56 Å². The normalized spacial score (nSPS) is 18.0. The Hall–Kier alpha value is -2.95. The number of nitrogens with zero attached hydrogens (tertiary/aromatic N) is 1. The molecule has 0 saturated carbocycles. The maximum absolute atomic E-state index is 12.4. The zero-order chi connectivity index (χ0) is 17.8. The van der Waals surface area contributed by atoms with E-state index in [1.165, 1.54) is 0 Å². The van der Waals surface area contributed by atoms with Crippen LogP contribution in [-0.2, 0) is 9.59 Å². The van der Waals surface area contributed by atoms with Crippen molar-refractivity contribution in [3.8, 4) is 5.75 Å². The van der Waals surface area contributed by atoms with E-state index in [9.17, 15) is 14.4 Å². The second kappa shape index (κ2) is 7.30. The van der Waals surface area contributed by atoms with Crippen molar-refractivity contribution in [2.75, 3.05) is 6.54 Å². The van der Waals surface area contributed by atoms with Gasteiger partial charge < -0.3 is 9.64 Å². The molecule has 3 rings (SSSR count). The highest BCUT2D eigenvalue weighted by Crippen LogP contribution is 2.29. The van der Waals surface area contributed by atoms with Crippen LogP contribution in [0.4, 0.5) is 0 Å². The van der Waals surface area contributed by atoms with Crippen molar-refractivity contribution in [3.63, 3.8) is 0 Å². The molecule has 0 radical (unpaired) electrons. The number of carbonyl (C=O) groups is 3. The zero-order valence-electron chi connectivity index (χ0n) is 13.9. The predicted molar refractivity (Wildman–Crippen MR) is 92.1 cm³/mol. The van der Waals surface area contributed by atoms with Gasteiger partial charge in [-0.2, -0.15) is 0 Å². The first-order valence-electron chi connectivity index (χ1n) is 8.20. The number of carbonyl (C=O) groups excluding carboxylic acids is 3. The van der Waals surface area contributed by atoms with Crippen LogP contribution in [0.15, 0.2) is 54.6 Å². The van der Waals surface area contributed by atoms with Crippen molar-refractivity contribution in [2.24, 2.45) is 5.92 Å². The largest absolute Gasteiger partial charge is 0.425 e. The Bertz CT molecular complexity index is 787. The SMILES string of the molecule is C[C@@H](c1ccccc1)N1C[C@@H](C(=O)Oc2ccccc2C=O)CC1=O. The van der Waals surface area contributed by atoms with Crippen LogP contribution < -0.4 is 4.74 Å². The van der Waals surface area contributed by atoms with E-state index in [1.54, 1.807) is 29.2 Å². The van der Waals surface area contributed by atoms with Gasteiger partial charge in [0.2, 0.25) is 5.91 Å². The van der Waals surface area contributed by atoms with Crippen LogP contribution in [0.1, 0.15) is 35.3 Å². The lowest BCUT2D eigenvalue weighted by atomic mass is 10.1. The minimum absolute atomic E-state index is 0.0676. The van der Waals surface area contributed by atoms with Crippen LogP contribution in [0.2, 0.25) is 0 Å². The number of hydrogen-bond acceptors (Lipinski definition) is 4. The highest BCUT2D eigenvalue weighted by molar-refractivity contribution is 5.89. The number of ether oxygens (including phenoxy) is 1. The molecular weight excluding hydrogens is 318 g/mol. The van der Waals surface area contributed by atoms with Gasteiger partial charge in [0.25, 0.3) is 0 Å². The molecule has 0 aliphatic carbocycles. The van der Waals surface area contributed by atoms with Gasteiger partial charge in [-0.1, -0.05) is 42.5 Å². The van der Waals surface area contributed by atoms with Crippen molar-refractivity contribution < 1.29 is 19.1 Å². The average molecular weight is 337 g/mol. The first kappa shape index (κ1) is 16.9. The van der Waals surface area contributed by atoms with Gasteiger partial charge in [0.05, 0.1) is 17.5 Å². The molecule has 1 saturated heterocycles. The molecule has 0 N–H and O–H groups in total. The quantitative estimate of drug-likeness (QED) is 0.478. The van der Waals surface area contributed by atoms with Gasteiger partial charge in [0.15, 0.2) is 6.29 Å². The first-order chi connectivity index (χ1) is 12.1. The molecule has 0 unspecified atom stereocenters. The van der Waals surface area contributed by atoms with E-state index in [0.29, 0.717) is 18.4 Å². The van der Waals surface area contributed by atoms with Gasteiger partial charge >= 0.3 is 5.97 Å². The Balaban J connectivity index is 1.69. The lowest BCUT2D eigenvalue weighted by Crippen LogP contribution is -2.30. The van der Waals surface area contributed by atoms with Crippen molar-refractivity contribution in [2.45, 2.75) is 19.4 Å². The number of esters is 1. The van der Waals surface area contributed by atoms with E-state index in [2.05, 4.69) is 0 Å². The summed E-state index contributed by atoms with van der Waals surface area (Å²) in [7, 11) is 0. The number of amides is 1. The molecule has 1 aliphatic heterocycles. The molecule has 2 aromatic carbocycles. The Kier molecular flexibility index (Phi) is 4.93. The number of rotatable bonds is 5. The molecule has 5 heteroatoms. The molecule has 128 valence electrons. The summed E-state index contributed by atoms with van der Waals surface area (Å²) in [5, 5.41) is 0. The summed E-state index contributed by atoms with van der Waals surface area (Å²) < 4.78 is 5.35. The minimum atomic E-state index is -0.529. The second-order valence-electron chi connectivity index (χ2n) is 6.11. The second-order valence-corrected chi connectivity index (χ2v) is 6.11. The summed E-state index contributed by atoms with van der Waals surface area (Å²) >= 11 is 0. The fraction of sp³-hybridized carbons (Fsp3) is 0.250. The fourth-order valence-corrected chi connectivity index (χ4v) is 3.04. The molecule has 1 heterocycles. The summed E-state index contributed by atoms with van der Waals surface area (Å²) in [5.74, 6) is -0.852. The van der Waals surface area contributed by atoms with Crippen molar-refractivity contribution in [1.29, 1.82) is 0 Å². The lowest BCUT2D eigenvalue weighted by Gasteiger charge is -2.25. The number of hydrogen-bond donors (Lipinski definition) is 0. The molecular formula is C20H19NO4. The highest BCUT2D eigenvalue weighted by atomic mass is 16.5. The Labute approximate surface area is 146 Å². The van der Waals surface area contributed by atoms with Crippen LogP contribution in [0.3, 0.4) is 0 Å². The number of benzene rings is 2. The zero-order valence-corrected chi connectivity index (χ0v) is 13.9. The van der Waals surface area contributed by atoms with E-state index in [1.807, 2.05) is 37.3 Å². The van der Waals surface area contributed by atoms with Crippen LogP contribution in [-0.4, -0.2) is 29.6 Å². The summed E-state index contributed by atoms with van der Waals surface area (Å²) in [5.41, 5.74) is 1.34. The average Bonchev–Trinajstić information content (AvgIpc) is 3.04. The third-order valence-electron chi connectivity index (χ3n) is 4.50. The maximum Gasteiger partial charge on any atom is 0.316 e. The fourth-order valence-electron chi connectivity index (χ4n) is 3.04. The van der Waals surface area contributed by atoms with Crippen molar-refractivity contribution in [3.05, 3.63) is 65.7 Å². The van der Waals surface area contributed by atoms with Gasteiger partial charge in [-0.05, 0) is 24.6 Å². The first-order valence-corrected chi connectivity index (χ1v) is 8.20. The summed E-state index contributed by atoms with van der Waals surface area (Å²) in [6.07, 6.45) is 0.769. The molecule has 5 nitrogen and oxygen atoms in total. The molecule has 1 aliphatic rings. The van der Waals surface area contributed by atoms with E-state index >= 15 is 0 Å². The smallest absolute Gasteiger partial charge is 0.316 e. The van der Waals surface area contributed by atoms with Gasteiger partial charge in [-0.25, -0.2) is 0 Å². The topological polar surface area (TPSA) is 63.7 Å². The Morgan fingerprint density at radius 2 is 1.84 bits per heavy atom. The Morgan fingerprint density at radius 1 is 1.16 bits per heavy atom. The molecule has 0 spiro atoms. The molecule has 1 fully saturated rings. The van der Waals surface area contributed by atoms with Gasteiger partial charge in [0.1, 0.15) is 5.75 Å². The molecule has 2 atom stereocenters. The van der Waals surface area contributed by atoms with Crippen molar-refractivity contribution in [1.82, 2.24) is 4.90 Å². The number of likely N-dealkylation sites (tertiary alicyclic amines) is 1. The van der Waals surface area contributed by atoms with E-state index in [-0.39, 0.29) is 24.1 Å². The lowest BCUT2D eigenvalue weighted by molar-refractivity contribution is -0.139. The maximum atomic E-state index is 12.4. The summed E-state index contributed by atoms with van der Waals surface area (Å²) in [6.45, 7) is 2.26. The van der Waals surface area contributed by atoms with Crippen LogP contribution in [0.5, 0.6) is 5.75 Å². The summed E-state index contributed by atoms with van der Waals surface area (Å²) in [6, 6.07) is 16.1. The number of para-hydroxylation sites is 1. The third kappa shape index (κ3) is 3.60. The molecule has 0 aromatic heterocycles. The third-order valence-corrected chi connectivity index (χ3v) is 4.50. The summed E-state index contributed by atoms with van der Waals surface area (Å²) in [4.78, 5) is 37.5. The van der Waals surface area contributed by atoms with Gasteiger partial charge in [-0.3, -0.25) is 14.4 Å². The van der Waals surface area contributed by atoms with Gasteiger partial charge in [0, 0.05) is 13.0 Å². The predicted octanol–water partition coefficient (Wildman–Crippen LogP) is 3.01. The highest BCUT2D eigenvalue weighted by Gasteiger charge is 2.38.